The highest BCUT2D eigenvalue weighted by atomic mass is 32.1. The Morgan fingerprint density at radius 3 is 2.72 bits per heavy atom. The summed E-state index contributed by atoms with van der Waals surface area (Å²) >= 11 is 1.51. The molecule has 0 amide bonds. The van der Waals surface area contributed by atoms with Crippen LogP contribution in [0.2, 0.25) is 0 Å². The Kier molecular flexibility index (Phi) is 4.07. The molecule has 3 aromatic rings. The van der Waals surface area contributed by atoms with E-state index in [0.29, 0.717) is 11.0 Å². The van der Waals surface area contributed by atoms with E-state index in [-0.39, 0.29) is 5.56 Å². The van der Waals surface area contributed by atoms with Crippen molar-refractivity contribution in [2.24, 2.45) is 0 Å². The molecule has 0 N–H and O–H groups in total. The number of anilines is 1. The number of hydrogen-bond acceptors (Lipinski definition) is 5. The molecule has 1 saturated carbocycles. The van der Waals surface area contributed by atoms with Crippen molar-refractivity contribution in [3.8, 4) is 0 Å². The quantitative estimate of drug-likeness (QED) is 0.704. The number of benzene rings is 1. The van der Waals surface area contributed by atoms with E-state index in [0.717, 1.165) is 23.8 Å². The minimum absolute atomic E-state index is 0.0914. The Labute approximate surface area is 151 Å². The Morgan fingerprint density at radius 1 is 1.24 bits per heavy atom. The molecule has 0 spiro atoms. The third-order valence-corrected chi connectivity index (χ3v) is 5.75. The topological polar surface area (TPSA) is 50.5 Å². The van der Waals surface area contributed by atoms with Gasteiger partial charge in [0.1, 0.15) is 0 Å². The Balaban J connectivity index is 1.71. The standard InChI is InChI=1S/C19H22N4OS/c1-4-15-10-17(24)23-18(20-15)25-19(21-23)22(16-7-8-16)11-14-6-5-12(2)13(3)9-14/h5-6,9-10,16H,4,7-8,11H2,1-3H3. The number of aromatic nitrogens is 3. The molecule has 0 aliphatic heterocycles. The maximum absolute atomic E-state index is 12.3. The van der Waals surface area contributed by atoms with Crippen molar-refractivity contribution in [3.63, 3.8) is 0 Å². The van der Waals surface area contributed by atoms with Gasteiger partial charge in [0, 0.05) is 24.3 Å². The minimum Gasteiger partial charge on any atom is -0.339 e. The summed E-state index contributed by atoms with van der Waals surface area (Å²) in [5.74, 6) is 0. The fourth-order valence-electron chi connectivity index (χ4n) is 2.98. The highest BCUT2D eigenvalue weighted by molar-refractivity contribution is 7.20. The minimum atomic E-state index is -0.0914. The average molecular weight is 354 g/mol. The molecule has 0 atom stereocenters. The number of aryl methyl sites for hydroxylation is 3. The summed E-state index contributed by atoms with van der Waals surface area (Å²) in [5, 5.41) is 5.46. The summed E-state index contributed by atoms with van der Waals surface area (Å²) in [4.78, 5) is 19.8. The molecule has 1 aliphatic rings. The lowest BCUT2D eigenvalue weighted by atomic mass is 10.1. The first-order valence-electron chi connectivity index (χ1n) is 8.77. The lowest BCUT2D eigenvalue weighted by Gasteiger charge is -2.21. The number of rotatable bonds is 5. The molecule has 2 heterocycles. The maximum Gasteiger partial charge on any atom is 0.275 e. The molecule has 130 valence electrons. The number of hydrogen-bond donors (Lipinski definition) is 0. The van der Waals surface area contributed by atoms with Gasteiger partial charge < -0.3 is 4.90 Å². The van der Waals surface area contributed by atoms with E-state index in [1.54, 1.807) is 6.07 Å². The fraction of sp³-hybridized carbons (Fsp3) is 0.421. The van der Waals surface area contributed by atoms with Crippen LogP contribution in [0.1, 0.15) is 42.1 Å². The smallest absolute Gasteiger partial charge is 0.275 e. The van der Waals surface area contributed by atoms with Gasteiger partial charge in [0.25, 0.3) is 5.56 Å². The lowest BCUT2D eigenvalue weighted by molar-refractivity contribution is 0.764. The van der Waals surface area contributed by atoms with Gasteiger partial charge in [-0.05, 0) is 49.8 Å². The van der Waals surface area contributed by atoms with Gasteiger partial charge in [-0.1, -0.05) is 36.5 Å². The van der Waals surface area contributed by atoms with Gasteiger partial charge in [0.15, 0.2) is 0 Å². The Hall–Kier alpha value is -2.21. The van der Waals surface area contributed by atoms with Crippen molar-refractivity contribution in [1.29, 1.82) is 0 Å². The maximum atomic E-state index is 12.3. The van der Waals surface area contributed by atoms with Gasteiger partial charge in [-0.15, -0.1) is 5.10 Å². The summed E-state index contributed by atoms with van der Waals surface area (Å²) in [7, 11) is 0. The normalized spacial score (nSPS) is 14.2. The zero-order valence-corrected chi connectivity index (χ0v) is 15.6. The molecule has 0 unspecified atom stereocenters. The lowest BCUT2D eigenvalue weighted by Crippen LogP contribution is -2.25. The predicted octanol–water partition coefficient (Wildman–Crippen LogP) is 3.50. The summed E-state index contributed by atoms with van der Waals surface area (Å²) in [6.07, 6.45) is 3.13. The third kappa shape index (κ3) is 3.18. The second-order valence-corrected chi connectivity index (χ2v) is 7.73. The monoisotopic (exact) mass is 354 g/mol. The van der Waals surface area contributed by atoms with Crippen LogP contribution >= 0.6 is 11.3 Å². The van der Waals surface area contributed by atoms with E-state index < -0.39 is 0 Å². The van der Waals surface area contributed by atoms with Crippen molar-refractivity contribution in [3.05, 3.63) is 57.0 Å². The zero-order valence-electron chi connectivity index (χ0n) is 14.8. The molecular formula is C19H22N4OS. The van der Waals surface area contributed by atoms with Crippen LogP contribution in [0, 0.1) is 13.8 Å². The fourth-order valence-corrected chi connectivity index (χ4v) is 3.98. The highest BCUT2D eigenvalue weighted by Crippen LogP contribution is 2.35. The third-order valence-electron chi connectivity index (χ3n) is 4.81. The molecule has 0 radical (unpaired) electrons. The van der Waals surface area contributed by atoms with Crippen molar-refractivity contribution in [2.75, 3.05) is 4.90 Å². The van der Waals surface area contributed by atoms with E-state index in [9.17, 15) is 4.79 Å². The van der Waals surface area contributed by atoms with E-state index in [4.69, 9.17) is 0 Å². The van der Waals surface area contributed by atoms with Gasteiger partial charge in [0.2, 0.25) is 10.1 Å². The molecule has 2 aromatic heterocycles. The van der Waals surface area contributed by atoms with Crippen LogP contribution in [0.25, 0.3) is 4.96 Å². The van der Waals surface area contributed by atoms with E-state index in [2.05, 4.69) is 47.0 Å². The molecule has 1 aliphatic carbocycles. The highest BCUT2D eigenvalue weighted by Gasteiger charge is 2.31. The molecule has 4 rings (SSSR count). The van der Waals surface area contributed by atoms with Crippen LogP contribution in [-0.4, -0.2) is 20.6 Å². The molecule has 6 heteroatoms. The van der Waals surface area contributed by atoms with Crippen molar-refractivity contribution < 1.29 is 0 Å². The predicted molar refractivity (Wildman–Crippen MR) is 102 cm³/mol. The summed E-state index contributed by atoms with van der Waals surface area (Å²) in [5.41, 5.74) is 4.63. The van der Waals surface area contributed by atoms with Gasteiger partial charge in [-0.25, -0.2) is 4.98 Å². The Morgan fingerprint density at radius 2 is 2.04 bits per heavy atom. The largest absolute Gasteiger partial charge is 0.339 e. The van der Waals surface area contributed by atoms with Gasteiger partial charge in [0.05, 0.1) is 0 Å². The van der Waals surface area contributed by atoms with Crippen LogP contribution in [0.4, 0.5) is 5.13 Å². The molecule has 0 saturated heterocycles. The molecule has 1 fully saturated rings. The van der Waals surface area contributed by atoms with Crippen molar-refractivity contribution >= 4 is 21.4 Å². The molecule has 1 aromatic carbocycles. The van der Waals surface area contributed by atoms with Crippen LogP contribution < -0.4 is 10.5 Å². The van der Waals surface area contributed by atoms with E-state index in [1.807, 2.05) is 6.92 Å². The van der Waals surface area contributed by atoms with Crippen molar-refractivity contribution in [2.45, 2.75) is 52.6 Å². The molecule has 0 bridgehead atoms. The van der Waals surface area contributed by atoms with Crippen LogP contribution in [0.3, 0.4) is 0 Å². The first kappa shape index (κ1) is 16.3. The molecule has 5 nitrogen and oxygen atoms in total. The van der Waals surface area contributed by atoms with Gasteiger partial charge >= 0.3 is 0 Å². The number of nitrogens with zero attached hydrogens (tertiary/aromatic N) is 4. The molecular weight excluding hydrogens is 332 g/mol. The second kappa shape index (κ2) is 6.26. The summed E-state index contributed by atoms with van der Waals surface area (Å²) in [6.45, 7) is 7.11. The van der Waals surface area contributed by atoms with E-state index in [1.165, 1.54) is 45.4 Å². The summed E-state index contributed by atoms with van der Waals surface area (Å²) < 4.78 is 1.44. The van der Waals surface area contributed by atoms with Gasteiger partial charge in [-0.2, -0.15) is 4.52 Å². The van der Waals surface area contributed by atoms with Crippen LogP contribution in [0.5, 0.6) is 0 Å². The van der Waals surface area contributed by atoms with Crippen LogP contribution in [-0.2, 0) is 13.0 Å². The van der Waals surface area contributed by atoms with E-state index >= 15 is 0 Å². The molecule has 25 heavy (non-hydrogen) atoms. The van der Waals surface area contributed by atoms with Crippen molar-refractivity contribution in [1.82, 2.24) is 14.6 Å². The first-order valence-corrected chi connectivity index (χ1v) is 9.59. The average Bonchev–Trinajstić information content (AvgIpc) is 3.34. The van der Waals surface area contributed by atoms with Gasteiger partial charge in [-0.3, -0.25) is 4.79 Å². The SMILES string of the molecule is CCc1cc(=O)n2nc(N(Cc3ccc(C)c(C)c3)C3CC3)sc2n1. The Bertz CT molecular complexity index is 987. The second-order valence-electron chi connectivity index (χ2n) is 6.80. The number of fused-ring (bicyclic) bond motifs is 1. The zero-order chi connectivity index (χ0) is 17.6. The summed E-state index contributed by atoms with van der Waals surface area (Å²) in [6, 6.07) is 8.71. The van der Waals surface area contributed by atoms with Crippen LogP contribution in [0.15, 0.2) is 29.1 Å². The first-order chi connectivity index (χ1) is 12.0.